The molecule has 2 rings (SSSR count). The maximum atomic E-state index is 10.9. The minimum Gasteiger partial charge on any atom is -0.481 e. The van der Waals surface area contributed by atoms with Gasteiger partial charge in [0.1, 0.15) is 0 Å². The smallest absolute Gasteiger partial charge is 0.310 e. The topological polar surface area (TPSA) is 67.2 Å². The maximum absolute atomic E-state index is 10.9. The fourth-order valence-corrected chi connectivity index (χ4v) is 2.11. The molecule has 0 amide bonds. The van der Waals surface area contributed by atoms with Crippen molar-refractivity contribution in [1.82, 2.24) is 15.1 Å². The standard InChI is InChI=1S/C16H21N3O2/c1-12(11-19-9-3-8-18-19)17-10-14-4-6-15(7-5-14)13(2)16(20)21/h3-9,12-13,17H,10-11H2,1-2H3,(H,20,21). The number of nitrogens with zero attached hydrogens (tertiary/aromatic N) is 2. The van der Waals surface area contributed by atoms with Crippen LogP contribution in [0.2, 0.25) is 0 Å². The van der Waals surface area contributed by atoms with Crippen LogP contribution >= 0.6 is 0 Å². The van der Waals surface area contributed by atoms with E-state index in [1.807, 2.05) is 41.2 Å². The summed E-state index contributed by atoms with van der Waals surface area (Å²) in [5, 5.41) is 16.6. The van der Waals surface area contributed by atoms with Gasteiger partial charge in [0.25, 0.3) is 0 Å². The number of benzene rings is 1. The average Bonchev–Trinajstić information content (AvgIpc) is 2.97. The zero-order valence-corrected chi connectivity index (χ0v) is 12.4. The summed E-state index contributed by atoms with van der Waals surface area (Å²) in [4.78, 5) is 10.9. The minimum absolute atomic E-state index is 0.308. The molecule has 0 aliphatic heterocycles. The molecule has 0 fully saturated rings. The summed E-state index contributed by atoms with van der Waals surface area (Å²) in [5.74, 6) is -1.26. The van der Waals surface area contributed by atoms with Crippen molar-refractivity contribution in [3.05, 3.63) is 53.9 Å². The number of aromatic nitrogens is 2. The first kappa shape index (κ1) is 15.3. The van der Waals surface area contributed by atoms with Crippen molar-refractivity contribution >= 4 is 5.97 Å². The molecule has 0 saturated carbocycles. The Morgan fingerprint density at radius 3 is 2.62 bits per heavy atom. The first-order valence-corrected chi connectivity index (χ1v) is 7.08. The number of carbonyl (C=O) groups is 1. The number of carboxylic acid groups (broad SMARTS) is 1. The Balaban J connectivity index is 1.84. The second kappa shape index (κ2) is 7.04. The number of rotatable bonds is 7. The number of hydrogen-bond acceptors (Lipinski definition) is 3. The summed E-state index contributed by atoms with van der Waals surface area (Å²) in [6.07, 6.45) is 3.72. The molecule has 1 aromatic heterocycles. The molecule has 5 heteroatoms. The fraction of sp³-hybridized carbons (Fsp3) is 0.375. The van der Waals surface area contributed by atoms with E-state index in [4.69, 9.17) is 5.11 Å². The second-order valence-electron chi connectivity index (χ2n) is 5.31. The van der Waals surface area contributed by atoms with Crippen LogP contribution in [-0.2, 0) is 17.9 Å². The van der Waals surface area contributed by atoms with Gasteiger partial charge >= 0.3 is 5.97 Å². The Morgan fingerprint density at radius 2 is 2.05 bits per heavy atom. The number of nitrogens with one attached hydrogen (secondary N) is 1. The van der Waals surface area contributed by atoms with Gasteiger partial charge < -0.3 is 10.4 Å². The van der Waals surface area contributed by atoms with Crippen molar-refractivity contribution in [1.29, 1.82) is 0 Å². The van der Waals surface area contributed by atoms with Gasteiger partial charge in [-0.1, -0.05) is 24.3 Å². The highest BCUT2D eigenvalue weighted by Crippen LogP contribution is 2.16. The third-order valence-corrected chi connectivity index (χ3v) is 3.52. The molecule has 2 unspecified atom stereocenters. The largest absolute Gasteiger partial charge is 0.481 e. The van der Waals surface area contributed by atoms with Crippen LogP contribution in [0, 0.1) is 0 Å². The highest BCUT2D eigenvalue weighted by Gasteiger charge is 2.13. The van der Waals surface area contributed by atoms with Gasteiger partial charge in [0, 0.05) is 25.0 Å². The summed E-state index contributed by atoms with van der Waals surface area (Å²) in [6.45, 7) is 5.38. The molecule has 0 spiro atoms. The summed E-state index contributed by atoms with van der Waals surface area (Å²) in [7, 11) is 0. The van der Waals surface area contributed by atoms with Crippen LogP contribution in [0.5, 0.6) is 0 Å². The molecule has 2 aromatic rings. The lowest BCUT2D eigenvalue weighted by molar-refractivity contribution is -0.138. The monoisotopic (exact) mass is 287 g/mol. The van der Waals surface area contributed by atoms with Gasteiger partial charge in [0.2, 0.25) is 0 Å². The predicted molar refractivity (Wildman–Crippen MR) is 81.0 cm³/mol. The van der Waals surface area contributed by atoms with E-state index in [2.05, 4.69) is 17.3 Å². The normalized spacial score (nSPS) is 13.8. The average molecular weight is 287 g/mol. The van der Waals surface area contributed by atoms with E-state index < -0.39 is 11.9 Å². The molecule has 112 valence electrons. The van der Waals surface area contributed by atoms with Gasteiger partial charge in [0.15, 0.2) is 0 Å². The van der Waals surface area contributed by atoms with E-state index in [0.717, 1.165) is 24.2 Å². The Labute approximate surface area is 124 Å². The van der Waals surface area contributed by atoms with E-state index in [-0.39, 0.29) is 0 Å². The Bertz CT molecular complexity index is 564. The first-order valence-electron chi connectivity index (χ1n) is 7.08. The van der Waals surface area contributed by atoms with Crippen molar-refractivity contribution < 1.29 is 9.90 Å². The Morgan fingerprint density at radius 1 is 1.33 bits per heavy atom. The van der Waals surface area contributed by atoms with Crippen molar-refractivity contribution in [3.63, 3.8) is 0 Å². The summed E-state index contributed by atoms with van der Waals surface area (Å²) < 4.78 is 1.90. The molecular weight excluding hydrogens is 266 g/mol. The van der Waals surface area contributed by atoms with E-state index in [1.165, 1.54) is 0 Å². The van der Waals surface area contributed by atoms with Gasteiger partial charge in [-0.15, -0.1) is 0 Å². The van der Waals surface area contributed by atoms with Gasteiger partial charge in [0.05, 0.1) is 12.5 Å². The minimum atomic E-state index is -0.797. The van der Waals surface area contributed by atoms with E-state index in [0.29, 0.717) is 6.04 Å². The molecule has 0 saturated heterocycles. The van der Waals surface area contributed by atoms with Gasteiger partial charge in [-0.05, 0) is 31.0 Å². The third kappa shape index (κ3) is 4.43. The quantitative estimate of drug-likeness (QED) is 0.819. The van der Waals surface area contributed by atoms with Crippen LogP contribution < -0.4 is 5.32 Å². The summed E-state index contributed by atoms with van der Waals surface area (Å²) in [6, 6.07) is 9.93. The Kier molecular flexibility index (Phi) is 5.11. The predicted octanol–water partition coefficient (Wildman–Crippen LogP) is 2.25. The molecular formula is C16H21N3O2. The van der Waals surface area contributed by atoms with Crippen LogP contribution in [0.3, 0.4) is 0 Å². The number of carboxylic acids is 1. The molecule has 21 heavy (non-hydrogen) atoms. The lowest BCUT2D eigenvalue weighted by atomic mass is 10.00. The van der Waals surface area contributed by atoms with Crippen LogP contribution in [0.25, 0.3) is 0 Å². The molecule has 0 radical (unpaired) electrons. The van der Waals surface area contributed by atoms with Crippen LogP contribution in [0.1, 0.15) is 30.9 Å². The van der Waals surface area contributed by atoms with Crippen LogP contribution in [-0.4, -0.2) is 26.9 Å². The van der Waals surface area contributed by atoms with Gasteiger partial charge in [-0.25, -0.2) is 0 Å². The van der Waals surface area contributed by atoms with Gasteiger partial charge in [-0.2, -0.15) is 5.10 Å². The van der Waals surface area contributed by atoms with Gasteiger partial charge in [-0.3, -0.25) is 9.48 Å². The molecule has 5 nitrogen and oxygen atoms in total. The molecule has 2 N–H and O–H groups in total. The van der Waals surface area contributed by atoms with Crippen molar-refractivity contribution in [3.8, 4) is 0 Å². The van der Waals surface area contributed by atoms with Crippen molar-refractivity contribution in [2.75, 3.05) is 0 Å². The summed E-state index contributed by atoms with van der Waals surface area (Å²) in [5.41, 5.74) is 1.97. The van der Waals surface area contributed by atoms with Crippen molar-refractivity contribution in [2.45, 2.75) is 38.9 Å². The maximum Gasteiger partial charge on any atom is 0.310 e. The van der Waals surface area contributed by atoms with E-state index in [1.54, 1.807) is 13.1 Å². The van der Waals surface area contributed by atoms with E-state index in [9.17, 15) is 4.79 Å². The zero-order valence-electron chi connectivity index (χ0n) is 12.4. The second-order valence-corrected chi connectivity index (χ2v) is 5.31. The molecule has 0 aliphatic rings. The third-order valence-electron chi connectivity index (χ3n) is 3.52. The first-order chi connectivity index (χ1) is 10.1. The number of aliphatic carboxylic acids is 1. The SMILES string of the molecule is CC(Cn1cccn1)NCc1ccc(C(C)C(=O)O)cc1. The Hall–Kier alpha value is -2.14. The zero-order chi connectivity index (χ0) is 15.2. The molecule has 1 aromatic carbocycles. The lowest BCUT2D eigenvalue weighted by Gasteiger charge is -2.14. The fourth-order valence-electron chi connectivity index (χ4n) is 2.11. The summed E-state index contributed by atoms with van der Waals surface area (Å²) >= 11 is 0. The molecule has 0 bridgehead atoms. The highest BCUT2D eigenvalue weighted by molar-refractivity contribution is 5.75. The molecule has 0 aliphatic carbocycles. The molecule has 2 atom stereocenters. The molecule has 1 heterocycles. The van der Waals surface area contributed by atoms with Crippen LogP contribution in [0.4, 0.5) is 0 Å². The van der Waals surface area contributed by atoms with Crippen molar-refractivity contribution in [2.24, 2.45) is 0 Å². The lowest BCUT2D eigenvalue weighted by Crippen LogP contribution is -2.30. The van der Waals surface area contributed by atoms with Crippen LogP contribution in [0.15, 0.2) is 42.7 Å². The highest BCUT2D eigenvalue weighted by atomic mass is 16.4. The number of hydrogen-bond donors (Lipinski definition) is 2. The van der Waals surface area contributed by atoms with E-state index >= 15 is 0 Å².